The Kier molecular flexibility index (Phi) is 6.89. The number of rotatable bonds is 6. The molecule has 2 N–H and O–H groups in total. The summed E-state index contributed by atoms with van der Waals surface area (Å²) in [5, 5.41) is 5.31. The molecular weight excluding hydrogens is 412 g/mol. The van der Waals surface area contributed by atoms with Crippen LogP contribution in [0.4, 0.5) is 17.6 Å². The fourth-order valence-corrected chi connectivity index (χ4v) is 4.15. The second kappa shape index (κ2) is 9.26. The second-order valence-electron chi connectivity index (χ2n) is 8.01. The molecule has 1 fully saturated rings. The van der Waals surface area contributed by atoms with Gasteiger partial charge in [-0.25, -0.2) is 4.39 Å². The van der Waals surface area contributed by atoms with E-state index in [0.29, 0.717) is 31.4 Å². The minimum atomic E-state index is -4.99. The van der Waals surface area contributed by atoms with Gasteiger partial charge < -0.3 is 15.4 Å². The maximum Gasteiger partial charge on any atom is 0.471 e. The van der Waals surface area contributed by atoms with Crippen molar-refractivity contribution in [3.8, 4) is 16.9 Å². The molecule has 0 aliphatic heterocycles. The topological polar surface area (TPSA) is 50.4 Å². The van der Waals surface area contributed by atoms with Crippen LogP contribution in [0.5, 0.6) is 5.75 Å². The molecule has 1 saturated carbocycles. The van der Waals surface area contributed by atoms with Gasteiger partial charge in [-0.1, -0.05) is 18.2 Å². The molecule has 0 heterocycles. The molecule has 0 atom stereocenters. The van der Waals surface area contributed by atoms with Gasteiger partial charge in [0.05, 0.1) is 7.11 Å². The lowest BCUT2D eigenvalue weighted by Gasteiger charge is -2.41. The number of methoxy groups -OCH3 is 1. The first-order chi connectivity index (χ1) is 14.7. The van der Waals surface area contributed by atoms with Gasteiger partial charge in [-0.2, -0.15) is 13.2 Å². The second-order valence-corrected chi connectivity index (χ2v) is 8.01. The number of carbonyl (C=O) groups is 1. The van der Waals surface area contributed by atoms with E-state index in [1.165, 1.54) is 6.07 Å². The van der Waals surface area contributed by atoms with Gasteiger partial charge in [0, 0.05) is 11.6 Å². The van der Waals surface area contributed by atoms with Gasteiger partial charge in [0.25, 0.3) is 0 Å². The molecular formula is C23H26F4N2O2. The third kappa shape index (κ3) is 5.55. The lowest BCUT2D eigenvalue weighted by molar-refractivity contribution is -0.176. The number of ether oxygens (including phenoxy) is 1. The normalized spacial score (nSPS) is 21.5. The van der Waals surface area contributed by atoms with Crippen molar-refractivity contribution in [3.05, 3.63) is 53.8 Å². The average Bonchev–Trinajstić information content (AvgIpc) is 2.75. The SMILES string of the molecule is CNC1CCC(Cc2cc(-c3ccc(OC)cc3)ccc2F)(NC(=O)C(F)(F)F)CC1. The van der Waals surface area contributed by atoms with Crippen molar-refractivity contribution in [3.63, 3.8) is 0 Å². The summed E-state index contributed by atoms with van der Waals surface area (Å²) in [6.07, 6.45) is -3.17. The first-order valence-corrected chi connectivity index (χ1v) is 10.2. The molecule has 8 heteroatoms. The van der Waals surface area contributed by atoms with E-state index in [1.54, 1.807) is 38.4 Å². The Balaban J connectivity index is 1.90. The molecule has 0 spiro atoms. The molecule has 3 rings (SSSR count). The molecule has 168 valence electrons. The van der Waals surface area contributed by atoms with Crippen LogP contribution >= 0.6 is 0 Å². The number of halogens is 4. The van der Waals surface area contributed by atoms with Crippen LogP contribution in [0.1, 0.15) is 31.2 Å². The molecule has 2 aromatic carbocycles. The lowest BCUT2D eigenvalue weighted by atomic mass is 9.75. The fourth-order valence-electron chi connectivity index (χ4n) is 4.15. The van der Waals surface area contributed by atoms with E-state index < -0.39 is 23.4 Å². The summed E-state index contributed by atoms with van der Waals surface area (Å²) in [5.74, 6) is -1.81. The summed E-state index contributed by atoms with van der Waals surface area (Å²) >= 11 is 0. The molecule has 2 aromatic rings. The molecule has 4 nitrogen and oxygen atoms in total. The molecule has 1 aliphatic carbocycles. The Morgan fingerprint density at radius 3 is 2.26 bits per heavy atom. The number of hydrogen-bond donors (Lipinski definition) is 2. The quantitative estimate of drug-likeness (QED) is 0.647. The molecule has 0 radical (unpaired) electrons. The van der Waals surface area contributed by atoms with Crippen molar-refractivity contribution in [1.29, 1.82) is 0 Å². The Hall–Kier alpha value is -2.61. The largest absolute Gasteiger partial charge is 0.497 e. The zero-order valence-electron chi connectivity index (χ0n) is 17.5. The third-order valence-corrected chi connectivity index (χ3v) is 5.99. The number of benzene rings is 2. The summed E-state index contributed by atoms with van der Waals surface area (Å²) in [4.78, 5) is 11.8. The van der Waals surface area contributed by atoms with Gasteiger partial charge >= 0.3 is 12.1 Å². The van der Waals surface area contributed by atoms with E-state index in [1.807, 2.05) is 12.1 Å². The summed E-state index contributed by atoms with van der Waals surface area (Å²) < 4.78 is 58.7. The van der Waals surface area contributed by atoms with Gasteiger partial charge in [-0.15, -0.1) is 0 Å². The van der Waals surface area contributed by atoms with Gasteiger partial charge in [0.2, 0.25) is 0 Å². The Labute approximate surface area is 179 Å². The van der Waals surface area contributed by atoms with Crippen LogP contribution in [-0.4, -0.2) is 37.8 Å². The summed E-state index contributed by atoms with van der Waals surface area (Å²) in [5.41, 5.74) is 0.688. The standard InChI is InChI=1S/C23H26F4N2O2/c1-28-18-9-11-22(12-10-18,29-21(30)23(25,26)27)14-17-13-16(5-8-20(17)24)15-3-6-19(31-2)7-4-15/h3-8,13,18,28H,9-12,14H2,1-2H3,(H,29,30). The fraction of sp³-hybridized carbons (Fsp3) is 0.435. The van der Waals surface area contributed by atoms with Crippen molar-refractivity contribution >= 4 is 5.91 Å². The number of carbonyl (C=O) groups excluding carboxylic acids is 1. The summed E-state index contributed by atoms with van der Waals surface area (Å²) in [6.45, 7) is 0. The Bertz CT molecular complexity index is 905. The zero-order valence-corrected chi connectivity index (χ0v) is 17.5. The number of amides is 1. The highest BCUT2D eigenvalue weighted by Gasteiger charge is 2.45. The van der Waals surface area contributed by atoms with Crippen LogP contribution in [-0.2, 0) is 11.2 Å². The summed E-state index contributed by atoms with van der Waals surface area (Å²) in [6, 6.07) is 12.0. The molecule has 0 bridgehead atoms. The maximum atomic E-state index is 14.7. The van der Waals surface area contributed by atoms with Crippen LogP contribution in [0.2, 0.25) is 0 Å². The van der Waals surface area contributed by atoms with Crippen LogP contribution in [0.3, 0.4) is 0 Å². The van der Waals surface area contributed by atoms with E-state index in [-0.39, 0.29) is 18.0 Å². The van der Waals surface area contributed by atoms with E-state index in [0.717, 1.165) is 11.1 Å². The third-order valence-electron chi connectivity index (χ3n) is 5.99. The van der Waals surface area contributed by atoms with Gasteiger partial charge in [-0.3, -0.25) is 4.79 Å². The van der Waals surface area contributed by atoms with Crippen molar-refractivity contribution in [2.75, 3.05) is 14.2 Å². The number of alkyl halides is 3. The molecule has 0 aromatic heterocycles. The number of nitrogens with one attached hydrogen (secondary N) is 2. The lowest BCUT2D eigenvalue weighted by Crippen LogP contribution is -2.57. The van der Waals surface area contributed by atoms with Crippen LogP contribution in [0.15, 0.2) is 42.5 Å². The zero-order chi connectivity index (χ0) is 22.6. The first kappa shape index (κ1) is 23.1. The summed E-state index contributed by atoms with van der Waals surface area (Å²) in [7, 11) is 3.35. The van der Waals surface area contributed by atoms with Gasteiger partial charge in [0.1, 0.15) is 11.6 Å². The molecule has 1 aliphatic rings. The minimum Gasteiger partial charge on any atom is -0.497 e. The first-order valence-electron chi connectivity index (χ1n) is 10.2. The minimum absolute atomic E-state index is 0.0128. The van der Waals surface area contributed by atoms with Crippen LogP contribution < -0.4 is 15.4 Å². The Morgan fingerprint density at radius 2 is 1.71 bits per heavy atom. The molecule has 0 unspecified atom stereocenters. The van der Waals surface area contributed by atoms with Crippen LogP contribution in [0, 0.1) is 5.82 Å². The maximum absolute atomic E-state index is 14.7. The number of hydrogen-bond acceptors (Lipinski definition) is 3. The highest BCUT2D eigenvalue weighted by atomic mass is 19.4. The van der Waals surface area contributed by atoms with E-state index in [4.69, 9.17) is 4.74 Å². The predicted molar refractivity (Wildman–Crippen MR) is 110 cm³/mol. The predicted octanol–water partition coefficient (Wildman–Crippen LogP) is 4.62. The van der Waals surface area contributed by atoms with Gasteiger partial charge in [-0.05, 0) is 80.1 Å². The van der Waals surface area contributed by atoms with E-state index >= 15 is 0 Å². The van der Waals surface area contributed by atoms with E-state index in [9.17, 15) is 22.4 Å². The average molecular weight is 438 g/mol. The smallest absolute Gasteiger partial charge is 0.471 e. The van der Waals surface area contributed by atoms with Crippen molar-refractivity contribution in [1.82, 2.24) is 10.6 Å². The van der Waals surface area contributed by atoms with Crippen molar-refractivity contribution in [2.24, 2.45) is 0 Å². The molecule has 0 saturated heterocycles. The Morgan fingerprint density at radius 1 is 1.10 bits per heavy atom. The van der Waals surface area contributed by atoms with Crippen molar-refractivity contribution < 1.29 is 27.1 Å². The van der Waals surface area contributed by atoms with Crippen LogP contribution in [0.25, 0.3) is 11.1 Å². The molecule has 31 heavy (non-hydrogen) atoms. The highest BCUT2D eigenvalue weighted by molar-refractivity contribution is 5.82. The van der Waals surface area contributed by atoms with Gasteiger partial charge in [0.15, 0.2) is 0 Å². The highest BCUT2D eigenvalue weighted by Crippen LogP contribution is 2.35. The monoisotopic (exact) mass is 438 g/mol. The molecule has 1 amide bonds. The van der Waals surface area contributed by atoms with E-state index in [2.05, 4.69) is 10.6 Å². The van der Waals surface area contributed by atoms with Crippen molar-refractivity contribution in [2.45, 2.75) is 49.9 Å².